The summed E-state index contributed by atoms with van der Waals surface area (Å²) in [4.78, 5) is 72.8. The lowest BCUT2D eigenvalue weighted by Crippen LogP contribution is -2.27. The smallest absolute Gasteiger partial charge is 0.270 e. The highest BCUT2D eigenvalue weighted by atomic mass is 35.5. The normalized spacial score (nSPS) is 14.1. The maximum atomic E-state index is 14.1. The molecule has 0 aromatic heterocycles. The maximum absolute atomic E-state index is 14.1. The molecule has 0 radical (unpaired) electrons. The number of halogens is 3. The molecule has 3 aliphatic rings. The summed E-state index contributed by atoms with van der Waals surface area (Å²) in [6, 6.07) is 36.7. The van der Waals surface area contributed by atoms with Crippen LogP contribution in [0.5, 0.6) is 0 Å². The van der Waals surface area contributed by atoms with Crippen LogP contribution in [0.1, 0.15) is 33.4 Å². The third kappa shape index (κ3) is 9.99. The number of hydrogen-bond donors (Lipinski definition) is 1. The number of nitro groups is 2. The Hall–Kier alpha value is -7.95. The Morgan fingerprint density at radius 1 is 0.569 bits per heavy atom. The SMILES string of the molecule is CN1C(=O)CN=C(c2ccccc2)c2cc(Cl)ccc21.CN1C(=O)CN=C(c2ccccc2F)c2cc([N+](=O)[O-])ccc21.O=C1CN=C(c2ccccc2Cl)c2cc([N+](=O)[O-])ccc2N1. The Bertz CT molecular complexity index is 3000. The van der Waals surface area contributed by atoms with Gasteiger partial charge in [0.25, 0.3) is 11.4 Å². The second-order valence-corrected chi connectivity index (χ2v) is 15.2. The molecule has 0 bridgehead atoms. The van der Waals surface area contributed by atoms with Crippen molar-refractivity contribution >= 4 is 86.5 Å². The predicted octanol–water partition coefficient (Wildman–Crippen LogP) is 8.74. The van der Waals surface area contributed by atoms with Crippen LogP contribution in [0.4, 0.5) is 32.8 Å². The molecule has 9 rings (SSSR count). The van der Waals surface area contributed by atoms with Gasteiger partial charge in [-0.15, -0.1) is 0 Å². The first-order valence-electron chi connectivity index (χ1n) is 19.6. The molecule has 1 N–H and O–H groups in total. The van der Waals surface area contributed by atoms with Gasteiger partial charge in [0.15, 0.2) is 0 Å². The number of benzodiazepines with no additional fused rings is 3. The average Bonchev–Trinajstić information content (AvgIpc) is 3.60. The number of anilines is 3. The van der Waals surface area contributed by atoms with Crippen molar-refractivity contribution in [3.8, 4) is 0 Å². The first kappa shape index (κ1) is 45.1. The van der Waals surface area contributed by atoms with Gasteiger partial charge in [0, 0.05) is 81.8 Å². The van der Waals surface area contributed by atoms with Crippen LogP contribution in [0.25, 0.3) is 0 Å². The molecule has 0 unspecified atom stereocenters. The Morgan fingerprint density at radius 2 is 1.08 bits per heavy atom. The predicted molar refractivity (Wildman–Crippen MR) is 249 cm³/mol. The van der Waals surface area contributed by atoms with Gasteiger partial charge in [-0.3, -0.25) is 49.6 Å². The molecule has 0 aliphatic carbocycles. The number of hydrogen-bond acceptors (Lipinski definition) is 10. The molecular weight excluding hydrogens is 878 g/mol. The molecule has 6 aromatic rings. The zero-order valence-corrected chi connectivity index (χ0v) is 36.0. The molecule has 0 atom stereocenters. The fourth-order valence-electron chi connectivity index (χ4n) is 7.04. The monoisotopic (exact) mass is 912 g/mol. The van der Waals surface area contributed by atoms with Crippen LogP contribution in [0.2, 0.25) is 10.0 Å². The van der Waals surface area contributed by atoms with Crippen molar-refractivity contribution in [2.45, 2.75) is 0 Å². The molecule has 0 saturated heterocycles. The van der Waals surface area contributed by atoms with Crippen LogP contribution in [-0.2, 0) is 14.4 Å². The highest BCUT2D eigenvalue weighted by Gasteiger charge is 2.27. The Morgan fingerprint density at radius 3 is 1.71 bits per heavy atom. The lowest BCUT2D eigenvalue weighted by atomic mass is 9.99. The van der Waals surface area contributed by atoms with Crippen molar-refractivity contribution in [1.82, 2.24) is 0 Å². The fraction of sp³-hybridized carbons (Fsp3) is 0.106. The van der Waals surface area contributed by atoms with Gasteiger partial charge in [0.05, 0.1) is 44.0 Å². The third-order valence-electron chi connectivity index (χ3n) is 10.3. The fourth-order valence-corrected chi connectivity index (χ4v) is 7.44. The van der Waals surface area contributed by atoms with E-state index in [1.165, 1.54) is 53.4 Å². The van der Waals surface area contributed by atoms with E-state index in [1.54, 1.807) is 61.5 Å². The number of non-ortho nitro benzene ring substituents is 2. The number of amides is 3. The van der Waals surface area contributed by atoms with Gasteiger partial charge >= 0.3 is 0 Å². The molecule has 65 heavy (non-hydrogen) atoms. The van der Waals surface area contributed by atoms with Crippen molar-refractivity contribution in [2.75, 3.05) is 48.8 Å². The highest BCUT2D eigenvalue weighted by molar-refractivity contribution is 6.36. The molecule has 3 aliphatic heterocycles. The molecule has 3 heterocycles. The Kier molecular flexibility index (Phi) is 13.6. The maximum Gasteiger partial charge on any atom is 0.270 e. The standard InChI is InChI=1S/C16H13ClN2O.C16H12FN3O3.C15H10ClN3O3/c1-19-14-8-7-12(17)9-13(14)16(18-10-15(19)20)11-5-3-2-4-6-11;1-19-14-7-6-10(20(22)23)8-12(14)16(18-9-15(19)21)11-4-2-3-5-13(11)17;16-12-4-2-1-3-10(12)15-11-7-9(19(21)22)5-6-13(11)18-14(20)8-17-15/h2-9H,10H2,1H3;2-8H,9H2,1H3;1-7H,8H2,(H,18,20). The number of carbonyl (C=O) groups excluding carboxylic acids is 3. The third-order valence-corrected chi connectivity index (χ3v) is 10.9. The zero-order chi connectivity index (χ0) is 46.4. The van der Waals surface area contributed by atoms with Crippen molar-refractivity contribution < 1.29 is 28.6 Å². The van der Waals surface area contributed by atoms with Crippen LogP contribution in [0.15, 0.2) is 148 Å². The van der Waals surface area contributed by atoms with E-state index >= 15 is 0 Å². The molecule has 0 saturated carbocycles. The van der Waals surface area contributed by atoms with Gasteiger partial charge < -0.3 is 15.1 Å². The Labute approximate surface area is 380 Å². The molecule has 0 spiro atoms. The zero-order valence-electron chi connectivity index (χ0n) is 34.4. The number of rotatable bonds is 5. The van der Waals surface area contributed by atoms with E-state index in [0.717, 1.165) is 22.5 Å². The summed E-state index contributed by atoms with van der Waals surface area (Å²) in [6.45, 7) is -0.0707. The molecule has 15 nitrogen and oxygen atoms in total. The number of aliphatic imine (C=N–C) groups is 3. The quantitative estimate of drug-likeness (QED) is 0.132. The summed E-state index contributed by atoms with van der Waals surface area (Å²) in [5.41, 5.74) is 6.60. The van der Waals surface area contributed by atoms with Crippen LogP contribution in [0, 0.1) is 26.0 Å². The molecule has 6 aromatic carbocycles. The number of nitrogens with zero attached hydrogens (tertiary/aromatic N) is 7. The van der Waals surface area contributed by atoms with Gasteiger partial charge in [-0.1, -0.05) is 83.9 Å². The number of nitro benzene ring substituents is 2. The molecule has 0 fully saturated rings. The van der Waals surface area contributed by atoms with Gasteiger partial charge in [0.2, 0.25) is 17.7 Å². The van der Waals surface area contributed by atoms with Crippen LogP contribution < -0.4 is 15.1 Å². The second-order valence-electron chi connectivity index (χ2n) is 14.4. The molecule has 3 amide bonds. The van der Waals surface area contributed by atoms with Gasteiger partial charge in [-0.05, 0) is 48.5 Å². The molecule has 18 heteroatoms. The van der Waals surface area contributed by atoms with Gasteiger partial charge in [0.1, 0.15) is 25.5 Å². The van der Waals surface area contributed by atoms with Gasteiger partial charge in [-0.2, -0.15) is 0 Å². The Balaban J connectivity index is 0.000000146. The first-order chi connectivity index (χ1) is 31.2. The summed E-state index contributed by atoms with van der Waals surface area (Å²) in [7, 11) is 3.32. The number of likely N-dealkylation sites (N-methyl/N-ethyl adjacent to an activating group) is 2. The van der Waals surface area contributed by atoms with E-state index in [1.807, 2.05) is 42.5 Å². The molecular formula is C47H35Cl2FN8O7. The van der Waals surface area contributed by atoms with Crippen molar-refractivity contribution in [3.63, 3.8) is 0 Å². The van der Waals surface area contributed by atoms with E-state index in [4.69, 9.17) is 23.2 Å². The van der Waals surface area contributed by atoms with Crippen LogP contribution in [0.3, 0.4) is 0 Å². The summed E-state index contributed by atoms with van der Waals surface area (Å²) in [6.07, 6.45) is 0. The van der Waals surface area contributed by atoms with Gasteiger partial charge in [-0.25, -0.2) is 4.39 Å². The number of nitrogens with one attached hydrogen (secondary N) is 1. The lowest BCUT2D eigenvalue weighted by molar-refractivity contribution is -0.385. The minimum absolute atomic E-state index is 0.0282. The average molecular weight is 914 g/mol. The van der Waals surface area contributed by atoms with E-state index in [0.29, 0.717) is 43.8 Å². The van der Waals surface area contributed by atoms with Crippen molar-refractivity contribution in [1.29, 1.82) is 0 Å². The first-order valence-corrected chi connectivity index (χ1v) is 20.4. The lowest BCUT2D eigenvalue weighted by Gasteiger charge is -2.18. The van der Waals surface area contributed by atoms with Crippen LogP contribution in [-0.4, -0.2) is 78.4 Å². The van der Waals surface area contributed by atoms with E-state index < -0.39 is 15.7 Å². The minimum atomic E-state index is -0.536. The second kappa shape index (κ2) is 19.6. The minimum Gasteiger partial charge on any atom is -0.324 e. The number of benzene rings is 6. The van der Waals surface area contributed by atoms with E-state index in [9.17, 15) is 39.0 Å². The highest BCUT2D eigenvalue weighted by Crippen LogP contribution is 2.32. The number of carbonyl (C=O) groups is 3. The van der Waals surface area contributed by atoms with Crippen molar-refractivity contribution in [3.05, 3.63) is 203 Å². The van der Waals surface area contributed by atoms with E-state index in [-0.39, 0.29) is 60.0 Å². The molecule has 326 valence electrons. The van der Waals surface area contributed by atoms with Crippen molar-refractivity contribution in [2.24, 2.45) is 15.0 Å². The van der Waals surface area contributed by atoms with Crippen LogP contribution >= 0.6 is 23.2 Å². The summed E-state index contributed by atoms with van der Waals surface area (Å²) >= 11 is 12.3. The summed E-state index contributed by atoms with van der Waals surface area (Å²) in [5, 5.41) is 25.8. The summed E-state index contributed by atoms with van der Waals surface area (Å²) in [5.74, 6) is -1.08. The topological polar surface area (TPSA) is 193 Å². The largest absolute Gasteiger partial charge is 0.324 e. The summed E-state index contributed by atoms with van der Waals surface area (Å²) < 4.78 is 14.1. The number of fused-ring (bicyclic) bond motifs is 3. The van der Waals surface area contributed by atoms with E-state index in [2.05, 4.69) is 20.3 Å².